The number of carbonyl (C=O) groups excluding carboxylic acids is 1. The van der Waals surface area contributed by atoms with Crippen LogP contribution in [0.3, 0.4) is 0 Å². The number of aliphatic carboxylic acids is 1. The lowest BCUT2D eigenvalue weighted by Gasteiger charge is -2.39. The molecular weight excluding hydrogens is 596 g/mol. The van der Waals surface area contributed by atoms with E-state index in [9.17, 15) is 14.7 Å². The van der Waals surface area contributed by atoms with E-state index < -0.39 is 12.3 Å². The Kier molecular flexibility index (Phi) is 12.9. The number of carbonyl (C=O) groups is 2. The topological polar surface area (TPSA) is 118 Å². The first-order valence-electron chi connectivity index (χ1n) is 16.8. The summed E-state index contributed by atoms with van der Waals surface area (Å²) in [4.78, 5) is 25.5. The predicted molar refractivity (Wildman–Crippen MR) is 179 cm³/mol. The molecule has 2 aliphatic rings. The van der Waals surface area contributed by atoms with Gasteiger partial charge in [-0.05, 0) is 72.2 Å². The minimum absolute atomic E-state index is 0.00651. The molecule has 0 aliphatic carbocycles. The van der Waals surface area contributed by atoms with Gasteiger partial charge < -0.3 is 29.7 Å². The van der Waals surface area contributed by atoms with Crippen molar-refractivity contribution in [2.24, 2.45) is 0 Å². The van der Waals surface area contributed by atoms with E-state index in [1.807, 2.05) is 48.5 Å². The highest BCUT2D eigenvalue weighted by molar-refractivity contribution is 5.76. The second kappa shape index (κ2) is 17.5. The highest BCUT2D eigenvalue weighted by atomic mass is 16.7. The molecular formula is C38H48N2O7. The zero-order chi connectivity index (χ0) is 33.0. The zero-order valence-corrected chi connectivity index (χ0v) is 27.3. The van der Waals surface area contributed by atoms with Gasteiger partial charge in [0, 0.05) is 51.1 Å². The molecule has 0 bridgehead atoms. The third-order valence-electron chi connectivity index (χ3n) is 9.11. The third-order valence-corrected chi connectivity index (χ3v) is 9.11. The van der Waals surface area contributed by atoms with Gasteiger partial charge in [0.15, 0.2) is 6.29 Å². The van der Waals surface area contributed by atoms with Crippen molar-refractivity contribution in [3.05, 3.63) is 95.1 Å². The lowest BCUT2D eigenvalue weighted by molar-refractivity contribution is -0.253. The summed E-state index contributed by atoms with van der Waals surface area (Å²) in [6.45, 7) is 3.00. The molecule has 0 spiro atoms. The van der Waals surface area contributed by atoms with E-state index in [2.05, 4.69) is 34.5 Å². The Morgan fingerprint density at radius 1 is 0.915 bits per heavy atom. The normalized spacial score (nSPS) is 21.5. The predicted octanol–water partition coefficient (Wildman–Crippen LogP) is 6.15. The van der Waals surface area contributed by atoms with Gasteiger partial charge >= 0.3 is 5.97 Å². The third kappa shape index (κ3) is 10.2. The Bertz CT molecular complexity index is 1450. The fourth-order valence-corrected chi connectivity index (χ4v) is 6.56. The average Bonchev–Trinajstić information content (AvgIpc) is 3.53. The van der Waals surface area contributed by atoms with E-state index >= 15 is 0 Å². The Labute approximate surface area is 277 Å². The van der Waals surface area contributed by atoms with Crippen LogP contribution >= 0.6 is 0 Å². The molecule has 0 saturated carbocycles. The van der Waals surface area contributed by atoms with Gasteiger partial charge in [0.1, 0.15) is 0 Å². The first-order chi connectivity index (χ1) is 22.9. The zero-order valence-electron chi connectivity index (χ0n) is 27.3. The molecule has 0 unspecified atom stereocenters. The molecule has 9 nitrogen and oxygen atoms in total. The van der Waals surface area contributed by atoms with Gasteiger partial charge in [0.05, 0.1) is 25.4 Å². The lowest BCUT2D eigenvalue weighted by atomic mass is 9.98. The maximum Gasteiger partial charge on any atom is 0.303 e. The number of nitrogens with one attached hydrogen (secondary N) is 1. The largest absolute Gasteiger partial charge is 0.481 e. The molecule has 3 N–H and O–H groups in total. The maximum atomic E-state index is 12.4. The molecule has 1 amide bonds. The SMILES string of the molecule is COC[C@@H]1CCCN1C[C@H]1C[C@@H](c2ccc(CO)cc2)O[C@@H](c2cccc(-c3cccc(CNC(=O)CCCCCC(=O)O)c3)c2)O1. The number of methoxy groups -OCH3 is 1. The average molecular weight is 645 g/mol. The van der Waals surface area contributed by atoms with Crippen molar-refractivity contribution in [1.29, 1.82) is 0 Å². The molecule has 4 atom stereocenters. The number of carboxylic acid groups (broad SMARTS) is 1. The molecule has 2 heterocycles. The fraction of sp³-hybridized carbons (Fsp3) is 0.474. The summed E-state index contributed by atoms with van der Waals surface area (Å²) in [5, 5.41) is 21.3. The van der Waals surface area contributed by atoms with Crippen molar-refractivity contribution in [3.8, 4) is 11.1 Å². The van der Waals surface area contributed by atoms with Crippen LogP contribution < -0.4 is 5.32 Å². The maximum absolute atomic E-state index is 12.4. The molecule has 3 aromatic rings. The monoisotopic (exact) mass is 644 g/mol. The number of hydrogen-bond donors (Lipinski definition) is 3. The minimum Gasteiger partial charge on any atom is -0.481 e. The number of benzene rings is 3. The Morgan fingerprint density at radius 3 is 2.45 bits per heavy atom. The molecule has 3 aromatic carbocycles. The van der Waals surface area contributed by atoms with E-state index in [1.165, 1.54) is 0 Å². The van der Waals surface area contributed by atoms with Crippen LogP contribution in [-0.4, -0.2) is 65.9 Å². The standard InChI is InChI=1S/C38H48N2O7/c1-45-26-33-12-7-19-40(33)24-34-22-35(29-17-15-27(25-41)16-18-29)47-38(46-34)32-11-6-10-31(21-32)30-9-5-8-28(20-30)23-39-36(42)13-3-2-4-14-37(43)44/h5-6,8-11,15-18,20-21,33-35,38,41H,2-4,7,12-14,19,22-26H2,1H3,(H,39,42)(H,43,44)/t33-,34+,35-,38-/m0/s1. The summed E-state index contributed by atoms with van der Waals surface area (Å²) < 4.78 is 18.8. The number of nitrogens with zero attached hydrogens (tertiary/aromatic N) is 1. The van der Waals surface area contributed by atoms with Gasteiger partial charge in [-0.3, -0.25) is 14.5 Å². The van der Waals surface area contributed by atoms with Crippen LogP contribution in [-0.2, 0) is 37.0 Å². The van der Waals surface area contributed by atoms with Crippen LogP contribution in [0, 0.1) is 0 Å². The van der Waals surface area contributed by atoms with Crippen LogP contribution in [0.2, 0.25) is 0 Å². The first kappa shape index (κ1) is 34.7. The van der Waals surface area contributed by atoms with Crippen LogP contribution in [0.1, 0.15) is 86.0 Å². The van der Waals surface area contributed by atoms with Crippen LogP contribution in [0.5, 0.6) is 0 Å². The molecule has 252 valence electrons. The van der Waals surface area contributed by atoms with E-state index in [0.717, 1.165) is 78.8 Å². The summed E-state index contributed by atoms with van der Waals surface area (Å²) in [6, 6.07) is 24.8. The van der Waals surface area contributed by atoms with Gasteiger partial charge in [0.25, 0.3) is 0 Å². The summed E-state index contributed by atoms with van der Waals surface area (Å²) in [6.07, 6.45) is 4.83. The van der Waals surface area contributed by atoms with Gasteiger partial charge in [0.2, 0.25) is 5.91 Å². The Morgan fingerprint density at radius 2 is 1.68 bits per heavy atom. The second-order valence-corrected chi connectivity index (χ2v) is 12.7. The van der Waals surface area contributed by atoms with Gasteiger partial charge in [-0.1, -0.05) is 67.1 Å². The van der Waals surface area contributed by atoms with Crippen molar-refractivity contribution in [2.45, 2.75) is 89.1 Å². The molecule has 5 rings (SSSR count). The van der Waals surface area contributed by atoms with Crippen LogP contribution in [0.4, 0.5) is 0 Å². The fourth-order valence-electron chi connectivity index (χ4n) is 6.56. The number of hydrogen-bond acceptors (Lipinski definition) is 7. The first-order valence-corrected chi connectivity index (χ1v) is 16.8. The lowest BCUT2D eigenvalue weighted by Crippen LogP contribution is -2.42. The molecule has 0 radical (unpaired) electrons. The van der Waals surface area contributed by atoms with Crippen molar-refractivity contribution >= 4 is 11.9 Å². The smallest absolute Gasteiger partial charge is 0.303 e. The van der Waals surface area contributed by atoms with Crippen molar-refractivity contribution in [3.63, 3.8) is 0 Å². The van der Waals surface area contributed by atoms with E-state index in [1.54, 1.807) is 7.11 Å². The van der Waals surface area contributed by atoms with Crippen molar-refractivity contribution in [1.82, 2.24) is 10.2 Å². The molecule has 2 fully saturated rings. The summed E-state index contributed by atoms with van der Waals surface area (Å²) in [5.74, 6) is -0.831. The van der Waals surface area contributed by atoms with Crippen LogP contribution in [0.25, 0.3) is 11.1 Å². The van der Waals surface area contributed by atoms with Crippen molar-refractivity contribution < 1.29 is 34.0 Å². The van der Waals surface area contributed by atoms with Crippen molar-refractivity contribution in [2.75, 3.05) is 26.8 Å². The summed E-state index contributed by atoms with van der Waals surface area (Å²) in [7, 11) is 1.76. The van der Waals surface area contributed by atoms with Gasteiger partial charge in [-0.2, -0.15) is 0 Å². The molecule has 0 aromatic heterocycles. The van der Waals surface area contributed by atoms with Gasteiger partial charge in [-0.25, -0.2) is 0 Å². The quantitative estimate of drug-likeness (QED) is 0.159. The number of ether oxygens (including phenoxy) is 3. The molecule has 2 saturated heterocycles. The Hall–Kier alpha value is -3.60. The minimum atomic E-state index is -0.800. The van der Waals surface area contributed by atoms with E-state index in [0.29, 0.717) is 31.8 Å². The number of amides is 1. The van der Waals surface area contributed by atoms with E-state index in [4.69, 9.17) is 19.3 Å². The number of aliphatic hydroxyl groups is 1. The second-order valence-electron chi connectivity index (χ2n) is 12.7. The number of carboxylic acids is 1. The Balaban J connectivity index is 1.27. The van der Waals surface area contributed by atoms with E-state index in [-0.39, 0.29) is 31.1 Å². The highest BCUT2D eigenvalue weighted by Gasteiger charge is 2.35. The molecule has 47 heavy (non-hydrogen) atoms. The van der Waals surface area contributed by atoms with Crippen LogP contribution in [0.15, 0.2) is 72.8 Å². The number of aliphatic hydroxyl groups excluding tert-OH is 1. The molecule has 2 aliphatic heterocycles. The number of rotatable bonds is 16. The summed E-state index contributed by atoms with van der Waals surface area (Å²) >= 11 is 0. The highest BCUT2D eigenvalue weighted by Crippen LogP contribution is 2.39. The summed E-state index contributed by atoms with van der Waals surface area (Å²) in [5.41, 5.74) is 5.96. The van der Waals surface area contributed by atoms with Gasteiger partial charge in [-0.15, -0.1) is 0 Å². The number of unbranched alkanes of at least 4 members (excludes halogenated alkanes) is 2. The number of likely N-dealkylation sites (tertiary alicyclic amines) is 1. The molecule has 9 heteroatoms.